The zero-order valence-corrected chi connectivity index (χ0v) is 18.5. The summed E-state index contributed by atoms with van der Waals surface area (Å²) in [6.45, 7) is 3.11. The first-order valence-electron chi connectivity index (χ1n) is 10.8. The Hall–Kier alpha value is -3.85. The Morgan fingerprint density at radius 2 is 1.56 bits per heavy atom. The molecular weight excluding hydrogens is 394 g/mol. The zero-order valence-electron chi connectivity index (χ0n) is 18.5. The van der Waals surface area contributed by atoms with Gasteiger partial charge in [-0.05, 0) is 52.6 Å². The molecule has 0 fully saturated rings. The predicted molar refractivity (Wildman–Crippen MR) is 131 cm³/mol. The Balaban J connectivity index is 1.61. The lowest BCUT2D eigenvalue weighted by molar-refractivity contribution is -0.127. The van der Waals surface area contributed by atoms with Crippen LogP contribution in [0, 0.1) is 6.92 Å². The third-order valence-electron chi connectivity index (χ3n) is 5.58. The minimum Gasteiger partial charge on any atom is -0.497 e. The van der Waals surface area contributed by atoms with E-state index in [1.54, 1.807) is 13.2 Å². The zero-order chi connectivity index (χ0) is 22.3. The third kappa shape index (κ3) is 5.25. The minimum atomic E-state index is -0.0191. The minimum absolute atomic E-state index is 0.0191. The lowest BCUT2D eigenvalue weighted by Gasteiger charge is -2.23. The number of carbonyl (C=O) groups is 1. The lowest BCUT2D eigenvalue weighted by Crippen LogP contribution is -2.28. The first kappa shape index (κ1) is 21.4. The van der Waals surface area contributed by atoms with Gasteiger partial charge in [-0.2, -0.15) is 0 Å². The van der Waals surface area contributed by atoms with Crippen molar-refractivity contribution in [1.82, 2.24) is 4.90 Å². The van der Waals surface area contributed by atoms with Crippen molar-refractivity contribution in [2.24, 2.45) is 0 Å². The number of hydrogen-bond donors (Lipinski definition) is 0. The molecule has 0 bridgehead atoms. The van der Waals surface area contributed by atoms with Crippen LogP contribution in [0.1, 0.15) is 22.3 Å². The van der Waals surface area contributed by atoms with Crippen molar-refractivity contribution < 1.29 is 9.53 Å². The summed E-state index contributed by atoms with van der Waals surface area (Å²) in [5.41, 5.74) is 4.40. The fraction of sp³-hybridized carbons (Fsp3) is 0.138. The summed E-state index contributed by atoms with van der Waals surface area (Å²) in [6.07, 6.45) is 3.55. The van der Waals surface area contributed by atoms with Gasteiger partial charge in [0.15, 0.2) is 0 Å². The van der Waals surface area contributed by atoms with Gasteiger partial charge in [-0.1, -0.05) is 84.4 Å². The Morgan fingerprint density at radius 3 is 2.31 bits per heavy atom. The molecule has 0 atom stereocenters. The van der Waals surface area contributed by atoms with E-state index in [0.717, 1.165) is 22.4 Å². The van der Waals surface area contributed by atoms with Crippen LogP contribution in [0.5, 0.6) is 5.75 Å². The molecule has 0 aliphatic carbocycles. The van der Waals surface area contributed by atoms with Crippen molar-refractivity contribution in [3.63, 3.8) is 0 Å². The number of rotatable bonds is 7. The van der Waals surface area contributed by atoms with Crippen molar-refractivity contribution in [3.8, 4) is 5.75 Å². The van der Waals surface area contributed by atoms with Crippen LogP contribution in [0.25, 0.3) is 16.8 Å². The van der Waals surface area contributed by atoms with Crippen LogP contribution in [0.3, 0.4) is 0 Å². The van der Waals surface area contributed by atoms with E-state index in [1.165, 1.54) is 16.3 Å². The number of hydrogen-bond acceptors (Lipinski definition) is 2. The topological polar surface area (TPSA) is 29.5 Å². The number of ether oxygens (including phenoxy) is 1. The van der Waals surface area contributed by atoms with E-state index in [9.17, 15) is 4.79 Å². The average molecular weight is 422 g/mol. The summed E-state index contributed by atoms with van der Waals surface area (Å²) in [4.78, 5) is 15.1. The summed E-state index contributed by atoms with van der Waals surface area (Å²) in [6, 6.07) is 30.6. The second-order valence-corrected chi connectivity index (χ2v) is 7.92. The highest BCUT2D eigenvalue weighted by Crippen LogP contribution is 2.22. The summed E-state index contributed by atoms with van der Waals surface area (Å²) < 4.78 is 5.27. The van der Waals surface area contributed by atoms with Gasteiger partial charge in [0.2, 0.25) is 5.91 Å². The molecule has 0 saturated carbocycles. The van der Waals surface area contributed by atoms with Gasteiger partial charge in [-0.3, -0.25) is 4.79 Å². The van der Waals surface area contributed by atoms with Crippen LogP contribution in [-0.4, -0.2) is 17.9 Å². The highest BCUT2D eigenvalue weighted by Gasteiger charge is 2.14. The first-order valence-corrected chi connectivity index (χ1v) is 10.8. The SMILES string of the molecule is COc1ccc(CN(Cc2cccc3ccccc23)C(=O)/C=C/c2ccc(C)cc2)cc1. The fourth-order valence-corrected chi connectivity index (χ4v) is 3.75. The third-order valence-corrected chi connectivity index (χ3v) is 5.58. The fourth-order valence-electron chi connectivity index (χ4n) is 3.75. The molecular formula is C29H27NO2. The van der Waals surface area contributed by atoms with E-state index >= 15 is 0 Å². The highest BCUT2D eigenvalue weighted by molar-refractivity contribution is 5.92. The molecule has 0 unspecified atom stereocenters. The number of nitrogens with zero attached hydrogens (tertiary/aromatic N) is 1. The molecule has 0 aliphatic rings. The normalized spacial score (nSPS) is 11.1. The predicted octanol–water partition coefficient (Wildman–Crippen LogP) is 6.40. The first-order chi connectivity index (χ1) is 15.6. The maximum Gasteiger partial charge on any atom is 0.247 e. The van der Waals surface area contributed by atoms with E-state index < -0.39 is 0 Å². The second-order valence-electron chi connectivity index (χ2n) is 7.92. The van der Waals surface area contributed by atoms with Gasteiger partial charge >= 0.3 is 0 Å². The smallest absolute Gasteiger partial charge is 0.247 e. The Bertz CT molecular complexity index is 1220. The van der Waals surface area contributed by atoms with E-state index in [0.29, 0.717) is 13.1 Å². The van der Waals surface area contributed by atoms with Gasteiger partial charge in [-0.25, -0.2) is 0 Å². The number of fused-ring (bicyclic) bond motifs is 1. The van der Waals surface area contributed by atoms with Crippen molar-refractivity contribution in [1.29, 1.82) is 0 Å². The van der Waals surface area contributed by atoms with Crippen molar-refractivity contribution in [2.45, 2.75) is 20.0 Å². The Morgan fingerprint density at radius 1 is 0.844 bits per heavy atom. The van der Waals surface area contributed by atoms with Crippen LogP contribution < -0.4 is 4.74 Å². The molecule has 3 nitrogen and oxygen atoms in total. The van der Waals surface area contributed by atoms with E-state index in [4.69, 9.17) is 4.74 Å². The molecule has 0 aliphatic heterocycles. The molecule has 0 aromatic heterocycles. The molecule has 1 amide bonds. The number of benzene rings is 4. The second kappa shape index (κ2) is 9.97. The summed E-state index contributed by atoms with van der Waals surface area (Å²) in [5, 5.41) is 2.35. The molecule has 4 rings (SSSR count). The van der Waals surface area contributed by atoms with E-state index in [2.05, 4.69) is 49.4 Å². The molecule has 160 valence electrons. The number of carbonyl (C=O) groups excluding carboxylic acids is 1. The quantitative estimate of drug-likeness (QED) is 0.323. The molecule has 0 saturated heterocycles. The van der Waals surface area contributed by atoms with Crippen molar-refractivity contribution in [2.75, 3.05) is 7.11 Å². The monoisotopic (exact) mass is 421 g/mol. The van der Waals surface area contributed by atoms with Gasteiger partial charge in [0.05, 0.1) is 7.11 Å². The summed E-state index contributed by atoms with van der Waals surface area (Å²) in [5.74, 6) is 0.786. The van der Waals surface area contributed by atoms with Gasteiger partial charge < -0.3 is 9.64 Å². The van der Waals surface area contributed by atoms with Crippen molar-refractivity contribution >= 4 is 22.8 Å². The molecule has 3 heteroatoms. The molecule has 4 aromatic carbocycles. The van der Waals surface area contributed by atoms with Crippen LogP contribution in [0.4, 0.5) is 0 Å². The van der Waals surface area contributed by atoms with Gasteiger partial charge in [-0.15, -0.1) is 0 Å². The lowest BCUT2D eigenvalue weighted by atomic mass is 10.0. The maximum absolute atomic E-state index is 13.3. The Labute approximate surface area is 189 Å². The summed E-state index contributed by atoms with van der Waals surface area (Å²) in [7, 11) is 1.65. The van der Waals surface area contributed by atoms with Crippen molar-refractivity contribution in [3.05, 3.63) is 119 Å². The van der Waals surface area contributed by atoms with Crippen LogP contribution in [0.15, 0.2) is 97.1 Å². The van der Waals surface area contributed by atoms with Crippen LogP contribution >= 0.6 is 0 Å². The highest BCUT2D eigenvalue weighted by atomic mass is 16.5. The van der Waals surface area contributed by atoms with Gasteiger partial charge in [0, 0.05) is 19.2 Å². The maximum atomic E-state index is 13.3. The number of methoxy groups -OCH3 is 1. The summed E-state index contributed by atoms with van der Waals surface area (Å²) >= 11 is 0. The molecule has 0 N–H and O–H groups in total. The number of amides is 1. The van der Waals surface area contributed by atoms with Gasteiger partial charge in [0.1, 0.15) is 5.75 Å². The standard InChI is InChI=1S/C29H27NO2/c1-22-10-12-23(13-11-22)16-19-29(31)30(20-24-14-17-27(32-2)18-15-24)21-26-8-5-7-25-6-3-4-9-28(25)26/h3-19H,20-21H2,1-2H3/b19-16+. The molecule has 32 heavy (non-hydrogen) atoms. The van der Waals surface area contributed by atoms with E-state index in [1.807, 2.05) is 59.5 Å². The molecule has 4 aromatic rings. The average Bonchev–Trinajstić information content (AvgIpc) is 2.83. The van der Waals surface area contributed by atoms with E-state index in [-0.39, 0.29) is 5.91 Å². The molecule has 0 heterocycles. The van der Waals surface area contributed by atoms with Crippen LogP contribution in [0.2, 0.25) is 0 Å². The molecule has 0 spiro atoms. The molecule has 0 radical (unpaired) electrons. The van der Waals surface area contributed by atoms with Gasteiger partial charge in [0.25, 0.3) is 0 Å². The Kier molecular flexibility index (Phi) is 6.66. The number of aryl methyl sites for hydroxylation is 1. The van der Waals surface area contributed by atoms with Crippen LogP contribution in [-0.2, 0) is 17.9 Å². The largest absolute Gasteiger partial charge is 0.497 e.